The molecule has 0 radical (unpaired) electrons. The first-order valence-corrected chi connectivity index (χ1v) is 6.24. The second-order valence-electron chi connectivity index (χ2n) is 3.85. The summed E-state index contributed by atoms with van der Waals surface area (Å²) in [6, 6.07) is 13.1. The van der Waals surface area contributed by atoms with Crippen LogP contribution in [0.2, 0.25) is 0 Å². The lowest BCUT2D eigenvalue weighted by atomic mass is 10.0. The van der Waals surface area contributed by atoms with Crippen LogP contribution in [-0.2, 0) is 6.42 Å². The van der Waals surface area contributed by atoms with Crippen LogP contribution in [0.25, 0.3) is 11.1 Å². The van der Waals surface area contributed by atoms with Crippen LogP contribution >= 0.6 is 15.9 Å². The molecule has 0 spiro atoms. The maximum atomic E-state index is 13.5. The van der Waals surface area contributed by atoms with Crippen molar-refractivity contribution in [2.45, 2.75) is 6.42 Å². The van der Waals surface area contributed by atoms with Crippen molar-refractivity contribution < 1.29 is 4.39 Å². The minimum atomic E-state index is -0.184. The summed E-state index contributed by atoms with van der Waals surface area (Å²) in [7, 11) is 0. The molecule has 0 aromatic heterocycles. The molecule has 88 valence electrons. The molecule has 2 rings (SSSR count). The topological polar surface area (TPSA) is 26.0 Å². The van der Waals surface area contributed by atoms with E-state index in [2.05, 4.69) is 15.9 Å². The molecule has 0 unspecified atom stereocenters. The highest BCUT2D eigenvalue weighted by Gasteiger charge is 2.04. The lowest BCUT2D eigenvalue weighted by molar-refractivity contribution is 0.610. The van der Waals surface area contributed by atoms with Crippen molar-refractivity contribution in [2.24, 2.45) is 5.73 Å². The molecule has 0 bridgehead atoms. The van der Waals surface area contributed by atoms with Gasteiger partial charge < -0.3 is 5.73 Å². The number of rotatable bonds is 3. The Morgan fingerprint density at radius 1 is 1.00 bits per heavy atom. The monoisotopic (exact) mass is 293 g/mol. The van der Waals surface area contributed by atoms with Crippen LogP contribution in [0.5, 0.6) is 0 Å². The van der Waals surface area contributed by atoms with Crippen LogP contribution in [-0.4, -0.2) is 6.54 Å². The molecule has 0 aliphatic heterocycles. The van der Waals surface area contributed by atoms with Crippen LogP contribution in [0, 0.1) is 5.82 Å². The molecule has 3 heteroatoms. The van der Waals surface area contributed by atoms with Crippen LogP contribution in [0.3, 0.4) is 0 Å². The summed E-state index contributed by atoms with van der Waals surface area (Å²) in [4.78, 5) is 0. The van der Waals surface area contributed by atoms with Gasteiger partial charge in [-0.15, -0.1) is 0 Å². The molecule has 2 aromatic rings. The third-order valence-electron chi connectivity index (χ3n) is 2.64. The first-order chi connectivity index (χ1) is 8.20. The summed E-state index contributed by atoms with van der Waals surface area (Å²) in [6.07, 6.45) is 0.566. The lowest BCUT2D eigenvalue weighted by Crippen LogP contribution is -2.04. The Balaban J connectivity index is 2.39. The van der Waals surface area contributed by atoms with Gasteiger partial charge in [-0.2, -0.15) is 0 Å². The van der Waals surface area contributed by atoms with E-state index in [1.54, 1.807) is 6.07 Å². The Morgan fingerprint density at radius 3 is 2.29 bits per heavy atom. The van der Waals surface area contributed by atoms with Gasteiger partial charge in [-0.25, -0.2) is 4.39 Å². The summed E-state index contributed by atoms with van der Waals surface area (Å²) in [5.41, 5.74) is 8.23. The highest BCUT2D eigenvalue weighted by Crippen LogP contribution is 2.24. The Morgan fingerprint density at radius 2 is 1.65 bits per heavy atom. The van der Waals surface area contributed by atoms with E-state index in [4.69, 9.17) is 5.73 Å². The maximum absolute atomic E-state index is 13.5. The van der Waals surface area contributed by atoms with Crippen LogP contribution in [0.1, 0.15) is 5.56 Å². The van der Waals surface area contributed by atoms with Crippen molar-refractivity contribution in [3.05, 3.63) is 58.3 Å². The van der Waals surface area contributed by atoms with Crippen molar-refractivity contribution in [3.63, 3.8) is 0 Å². The molecule has 0 aliphatic carbocycles. The van der Waals surface area contributed by atoms with E-state index in [1.807, 2.05) is 30.3 Å². The third kappa shape index (κ3) is 2.93. The summed E-state index contributed by atoms with van der Waals surface area (Å²) < 4.78 is 14.5. The molecule has 0 aliphatic rings. The van der Waals surface area contributed by atoms with E-state index in [0.29, 0.717) is 18.5 Å². The van der Waals surface area contributed by atoms with Gasteiger partial charge in [-0.1, -0.05) is 34.1 Å². The third-order valence-corrected chi connectivity index (χ3v) is 3.17. The van der Waals surface area contributed by atoms with Crippen molar-refractivity contribution in [2.75, 3.05) is 6.54 Å². The molecule has 2 N–H and O–H groups in total. The average Bonchev–Trinajstić information content (AvgIpc) is 2.33. The summed E-state index contributed by atoms with van der Waals surface area (Å²) in [6.45, 7) is 0.459. The standard InChI is InChI=1S/C14H13BrFN/c15-13-4-1-10(2-5-13)11-3-6-14(16)12(9-11)7-8-17/h1-6,9H,7-8,17H2. The van der Waals surface area contributed by atoms with Crippen molar-refractivity contribution >= 4 is 15.9 Å². The molecule has 0 fully saturated rings. The number of halogens is 2. The van der Waals surface area contributed by atoms with Gasteiger partial charge in [0.1, 0.15) is 5.82 Å². The smallest absolute Gasteiger partial charge is 0.126 e. The van der Waals surface area contributed by atoms with E-state index < -0.39 is 0 Å². The molecular formula is C14H13BrFN. The van der Waals surface area contributed by atoms with Gasteiger partial charge in [0, 0.05) is 4.47 Å². The summed E-state index contributed by atoms with van der Waals surface area (Å²) in [5, 5.41) is 0. The van der Waals surface area contributed by atoms with E-state index in [-0.39, 0.29) is 5.82 Å². The highest BCUT2D eigenvalue weighted by atomic mass is 79.9. The molecule has 0 heterocycles. The highest BCUT2D eigenvalue weighted by molar-refractivity contribution is 9.10. The van der Waals surface area contributed by atoms with E-state index in [9.17, 15) is 4.39 Å². The maximum Gasteiger partial charge on any atom is 0.126 e. The summed E-state index contributed by atoms with van der Waals surface area (Å²) >= 11 is 3.39. The van der Waals surface area contributed by atoms with E-state index >= 15 is 0 Å². The number of hydrogen-bond acceptors (Lipinski definition) is 1. The molecule has 2 aromatic carbocycles. The normalized spacial score (nSPS) is 10.5. The van der Waals surface area contributed by atoms with Gasteiger partial charge in [0.15, 0.2) is 0 Å². The van der Waals surface area contributed by atoms with Crippen molar-refractivity contribution in [1.82, 2.24) is 0 Å². The Labute approximate surface area is 109 Å². The Bertz CT molecular complexity index is 508. The van der Waals surface area contributed by atoms with Gasteiger partial charge in [-0.05, 0) is 53.9 Å². The number of benzene rings is 2. The predicted octanol–water partition coefficient (Wildman–Crippen LogP) is 3.76. The lowest BCUT2D eigenvalue weighted by Gasteiger charge is -2.06. The van der Waals surface area contributed by atoms with Crippen LogP contribution in [0.4, 0.5) is 4.39 Å². The number of nitrogens with two attached hydrogens (primary N) is 1. The molecule has 0 amide bonds. The minimum Gasteiger partial charge on any atom is -0.330 e. The van der Waals surface area contributed by atoms with Gasteiger partial charge in [0.25, 0.3) is 0 Å². The van der Waals surface area contributed by atoms with Gasteiger partial charge in [-0.3, -0.25) is 0 Å². The van der Waals surface area contributed by atoms with Crippen molar-refractivity contribution in [3.8, 4) is 11.1 Å². The van der Waals surface area contributed by atoms with Gasteiger partial charge in [0.05, 0.1) is 0 Å². The van der Waals surface area contributed by atoms with Gasteiger partial charge in [0.2, 0.25) is 0 Å². The quantitative estimate of drug-likeness (QED) is 0.916. The fraction of sp³-hybridized carbons (Fsp3) is 0.143. The molecular weight excluding hydrogens is 281 g/mol. The van der Waals surface area contributed by atoms with Gasteiger partial charge >= 0.3 is 0 Å². The zero-order chi connectivity index (χ0) is 12.3. The van der Waals surface area contributed by atoms with E-state index in [0.717, 1.165) is 15.6 Å². The fourth-order valence-electron chi connectivity index (χ4n) is 1.74. The van der Waals surface area contributed by atoms with Crippen molar-refractivity contribution in [1.29, 1.82) is 0 Å². The molecule has 0 saturated heterocycles. The van der Waals surface area contributed by atoms with Crippen LogP contribution < -0.4 is 5.73 Å². The largest absolute Gasteiger partial charge is 0.330 e. The zero-order valence-electron chi connectivity index (χ0n) is 9.29. The zero-order valence-corrected chi connectivity index (χ0v) is 10.9. The number of hydrogen-bond donors (Lipinski definition) is 1. The minimum absolute atomic E-state index is 0.184. The average molecular weight is 294 g/mol. The molecule has 0 saturated carbocycles. The first kappa shape index (κ1) is 12.3. The first-order valence-electron chi connectivity index (χ1n) is 5.45. The van der Waals surface area contributed by atoms with E-state index in [1.165, 1.54) is 6.07 Å². The molecule has 0 atom stereocenters. The SMILES string of the molecule is NCCc1cc(-c2ccc(Br)cc2)ccc1F. The Hall–Kier alpha value is -1.19. The van der Waals surface area contributed by atoms with Crippen LogP contribution in [0.15, 0.2) is 46.9 Å². The summed E-state index contributed by atoms with van der Waals surface area (Å²) in [5.74, 6) is -0.184. The Kier molecular flexibility index (Phi) is 3.92. The molecule has 1 nitrogen and oxygen atoms in total. The predicted molar refractivity (Wildman–Crippen MR) is 72.3 cm³/mol. The molecule has 17 heavy (non-hydrogen) atoms. The second kappa shape index (κ2) is 5.43. The second-order valence-corrected chi connectivity index (χ2v) is 4.77. The fourth-order valence-corrected chi connectivity index (χ4v) is 2.01.